The molecule has 1 aliphatic heterocycles. The molecule has 1 atom stereocenters. The molecule has 0 radical (unpaired) electrons. The summed E-state index contributed by atoms with van der Waals surface area (Å²) in [4.78, 5) is 13.6. The summed E-state index contributed by atoms with van der Waals surface area (Å²) in [5, 5.41) is 23.1. The van der Waals surface area contributed by atoms with Crippen molar-refractivity contribution in [3.8, 4) is 11.5 Å². The van der Waals surface area contributed by atoms with E-state index < -0.39 is 21.2 Å². The van der Waals surface area contributed by atoms with E-state index in [1.54, 1.807) is 0 Å². The molecule has 1 aromatic carbocycles. The van der Waals surface area contributed by atoms with Crippen LogP contribution in [0.4, 0.5) is 0 Å². The number of primary sulfonamides is 1. The zero-order valence-corrected chi connectivity index (χ0v) is 11.5. The number of hydrogen-bond acceptors (Lipinski definition) is 5. The van der Waals surface area contributed by atoms with E-state index in [2.05, 4.69) is 0 Å². The van der Waals surface area contributed by atoms with Gasteiger partial charge in [0.05, 0.1) is 5.25 Å². The molecule has 2 rings (SSSR count). The maximum Gasteiger partial charge on any atom is 0.254 e. The van der Waals surface area contributed by atoms with Gasteiger partial charge in [-0.1, -0.05) is 0 Å². The number of nitrogens with zero attached hydrogens (tertiary/aromatic N) is 1. The van der Waals surface area contributed by atoms with Crippen LogP contribution in [0.25, 0.3) is 0 Å². The van der Waals surface area contributed by atoms with Crippen LogP contribution in [0.15, 0.2) is 18.2 Å². The highest BCUT2D eigenvalue weighted by Gasteiger charge is 2.31. The van der Waals surface area contributed by atoms with E-state index in [-0.39, 0.29) is 23.6 Å². The van der Waals surface area contributed by atoms with Crippen molar-refractivity contribution < 1.29 is 23.4 Å². The molecule has 1 amide bonds. The SMILES string of the molecule is NS(=O)(=O)C1CCCN(C(=O)c2cc(O)cc(O)c2)C1. The minimum atomic E-state index is -3.68. The Morgan fingerprint density at radius 3 is 2.40 bits per heavy atom. The Balaban J connectivity index is 2.20. The van der Waals surface area contributed by atoms with Crippen LogP contribution in [0, 0.1) is 0 Å². The predicted octanol–water partition coefficient (Wildman–Crippen LogP) is -0.00910. The van der Waals surface area contributed by atoms with E-state index in [9.17, 15) is 23.4 Å². The number of phenols is 2. The summed E-state index contributed by atoms with van der Waals surface area (Å²) < 4.78 is 22.7. The number of sulfonamides is 1. The number of phenolic OH excluding ortho intramolecular Hbond substituents is 2. The lowest BCUT2D eigenvalue weighted by Gasteiger charge is -2.31. The molecule has 0 saturated carbocycles. The van der Waals surface area contributed by atoms with Crippen LogP contribution < -0.4 is 5.14 Å². The molecule has 1 aliphatic rings. The number of carbonyl (C=O) groups is 1. The van der Waals surface area contributed by atoms with Crippen molar-refractivity contribution in [2.45, 2.75) is 18.1 Å². The van der Waals surface area contributed by atoms with Crippen molar-refractivity contribution in [3.05, 3.63) is 23.8 Å². The molecule has 1 fully saturated rings. The van der Waals surface area contributed by atoms with Crippen LogP contribution in [0.1, 0.15) is 23.2 Å². The van der Waals surface area contributed by atoms with E-state index >= 15 is 0 Å². The first-order chi connectivity index (χ1) is 9.27. The molecular formula is C12H16N2O5S. The van der Waals surface area contributed by atoms with Gasteiger partial charge in [-0.05, 0) is 25.0 Å². The summed E-state index contributed by atoms with van der Waals surface area (Å²) in [6.45, 7) is 0.440. The Hall–Kier alpha value is -1.80. The number of likely N-dealkylation sites (tertiary alicyclic amines) is 1. The van der Waals surface area contributed by atoms with E-state index in [1.165, 1.54) is 17.0 Å². The smallest absolute Gasteiger partial charge is 0.254 e. The third-order valence-corrected chi connectivity index (χ3v) is 4.59. The summed E-state index contributed by atoms with van der Waals surface area (Å²) in [5.74, 6) is -0.897. The minimum Gasteiger partial charge on any atom is -0.508 e. The molecule has 110 valence electrons. The van der Waals surface area contributed by atoms with E-state index in [4.69, 9.17) is 5.14 Å². The highest BCUT2D eigenvalue weighted by Crippen LogP contribution is 2.23. The Morgan fingerprint density at radius 2 is 1.85 bits per heavy atom. The lowest BCUT2D eigenvalue weighted by molar-refractivity contribution is 0.0726. The van der Waals surface area contributed by atoms with Crippen molar-refractivity contribution in [2.75, 3.05) is 13.1 Å². The second kappa shape index (κ2) is 5.29. The van der Waals surface area contributed by atoms with Crippen molar-refractivity contribution in [1.29, 1.82) is 0 Å². The molecule has 0 bridgehead atoms. The number of hydrogen-bond donors (Lipinski definition) is 3. The summed E-state index contributed by atoms with van der Waals surface area (Å²) in [6, 6.07) is 3.56. The minimum absolute atomic E-state index is 0.0219. The lowest BCUT2D eigenvalue weighted by Crippen LogP contribution is -2.47. The summed E-state index contributed by atoms with van der Waals surface area (Å²) in [5.41, 5.74) is 0.109. The van der Waals surface area contributed by atoms with Gasteiger partial charge in [0.15, 0.2) is 0 Å². The van der Waals surface area contributed by atoms with Gasteiger partial charge in [-0.2, -0.15) is 0 Å². The maximum atomic E-state index is 12.2. The highest BCUT2D eigenvalue weighted by atomic mass is 32.2. The van der Waals surface area contributed by atoms with E-state index in [1.807, 2.05) is 0 Å². The zero-order valence-electron chi connectivity index (χ0n) is 10.7. The fourth-order valence-electron chi connectivity index (χ4n) is 2.29. The number of amides is 1. The van der Waals surface area contributed by atoms with Crippen molar-refractivity contribution in [3.63, 3.8) is 0 Å². The largest absolute Gasteiger partial charge is 0.508 e. The van der Waals surface area contributed by atoms with Gasteiger partial charge in [0.25, 0.3) is 5.91 Å². The third kappa shape index (κ3) is 3.20. The zero-order chi connectivity index (χ0) is 14.9. The average Bonchev–Trinajstić information content (AvgIpc) is 2.36. The van der Waals surface area contributed by atoms with Gasteiger partial charge in [-0.3, -0.25) is 4.79 Å². The molecule has 1 aromatic rings. The van der Waals surface area contributed by atoms with E-state index in [0.717, 1.165) is 6.07 Å². The first-order valence-electron chi connectivity index (χ1n) is 6.11. The second-order valence-corrected chi connectivity index (χ2v) is 6.69. The Labute approximate surface area is 116 Å². The van der Waals surface area contributed by atoms with Gasteiger partial charge < -0.3 is 15.1 Å². The molecule has 20 heavy (non-hydrogen) atoms. The standard InChI is InChI=1S/C12H16N2O5S/c13-20(18,19)11-2-1-3-14(7-11)12(17)8-4-9(15)6-10(16)5-8/h4-6,11,15-16H,1-3,7H2,(H2,13,18,19). The molecule has 8 heteroatoms. The molecule has 7 nitrogen and oxygen atoms in total. The Bertz CT molecular complexity index is 608. The molecule has 0 spiro atoms. The molecule has 0 aliphatic carbocycles. The van der Waals surface area contributed by atoms with Gasteiger partial charge >= 0.3 is 0 Å². The van der Waals surface area contributed by atoms with Crippen LogP contribution in [-0.4, -0.2) is 47.8 Å². The average molecular weight is 300 g/mol. The van der Waals surface area contributed by atoms with Gasteiger partial charge in [-0.15, -0.1) is 0 Å². The number of benzene rings is 1. The van der Waals surface area contributed by atoms with Gasteiger partial charge in [0.2, 0.25) is 10.0 Å². The van der Waals surface area contributed by atoms with Crippen LogP contribution >= 0.6 is 0 Å². The molecule has 1 saturated heterocycles. The Kier molecular flexibility index (Phi) is 3.87. The quantitative estimate of drug-likeness (QED) is 0.709. The third-order valence-electron chi connectivity index (χ3n) is 3.28. The van der Waals surface area contributed by atoms with Crippen LogP contribution in [0.2, 0.25) is 0 Å². The van der Waals surface area contributed by atoms with Gasteiger partial charge in [0, 0.05) is 24.7 Å². The van der Waals surface area contributed by atoms with Gasteiger partial charge in [0.1, 0.15) is 11.5 Å². The predicted molar refractivity (Wildman–Crippen MR) is 71.8 cm³/mol. The molecular weight excluding hydrogens is 284 g/mol. The van der Waals surface area contributed by atoms with Gasteiger partial charge in [-0.25, -0.2) is 13.6 Å². The van der Waals surface area contributed by atoms with Crippen LogP contribution in [0.3, 0.4) is 0 Å². The molecule has 0 aromatic heterocycles. The van der Waals surface area contributed by atoms with Crippen molar-refractivity contribution >= 4 is 15.9 Å². The van der Waals surface area contributed by atoms with Crippen molar-refractivity contribution in [2.24, 2.45) is 5.14 Å². The number of nitrogens with two attached hydrogens (primary N) is 1. The first kappa shape index (κ1) is 14.6. The monoisotopic (exact) mass is 300 g/mol. The molecule has 4 N–H and O–H groups in total. The second-order valence-electron chi connectivity index (χ2n) is 4.84. The summed E-state index contributed by atoms with van der Waals surface area (Å²) in [7, 11) is -3.68. The van der Waals surface area contributed by atoms with Crippen LogP contribution in [-0.2, 0) is 10.0 Å². The lowest BCUT2D eigenvalue weighted by atomic mass is 10.1. The molecule has 1 unspecified atom stereocenters. The maximum absolute atomic E-state index is 12.2. The normalized spacial score (nSPS) is 19.9. The summed E-state index contributed by atoms with van der Waals surface area (Å²) >= 11 is 0. The van der Waals surface area contributed by atoms with Crippen molar-refractivity contribution in [1.82, 2.24) is 4.90 Å². The highest BCUT2D eigenvalue weighted by molar-refractivity contribution is 7.89. The fourth-order valence-corrected chi connectivity index (χ4v) is 3.17. The molecule has 1 heterocycles. The Morgan fingerprint density at radius 1 is 1.25 bits per heavy atom. The summed E-state index contributed by atoms with van der Waals surface area (Å²) in [6.07, 6.45) is 0.964. The number of piperidine rings is 1. The fraction of sp³-hybridized carbons (Fsp3) is 0.417. The topological polar surface area (TPSA) is 121 Å². The van der Waals surface area contributed by atoms with E-state index in [0.29, 0.717) is 19.4 Å². The number of aromatic hydroxyl groups is 2. The van der Waals surface area contributed by atoms with Crippen LogP contribution in [0.5, 0.6) is 11.5 Å². The first-order valence-corrected chi connectivity index (χ1v) is 7.72. The number of rotatable bonds is 2. The number of carbonyl (C=O) groups excluding carboxylic acids is 1.